The number of hydrogen-bond donors (Lipinski definition) is 2. The van der Waals surface area contributed by atoms with Crippen LogP contribution in [0.1, 0.15) is 18.4 Å². The van der Waals surface area contributed by atoms with Crippen molar-refractivity contribution in [3.05, 3.63) is 29.6 Å². The lowest BCUT2D eigenvalue weighted by Gasteiger charge is -2.29. The molecule has 0 atom stereocenters. The minimum absolute atomic E-state index is 0.107. The molecule has 1 aromatic rings. The van der Waals surface area contributed by atoms with Crippen LogP contribution in [0.3, 0.4) is 0 Å². The summed E-state index contributed by atoms with van der Waals surface area (Å²) in [6.07, 6.45) is 1.85. The Hall–Kier alpha value is -1.46. The van der Waals surface area contributed by atoms with E-state index in [-0.39, 0.29) is 17.8 Å². The van der Waals surface area contributed by atoms with Gasteiger partial charge in [-0.15, -0.1) is 0 Å². The predicted octanol–water partition coefficient (Wildman–Crippen LogP) is 1.50. The van der Waals surface area contributed by atoms with Crippen LogP contribution >= 0.6 is 0 Å². The van der Waals surface area contributed by atoms with Crippen LogP contribution in [0.25, 0.3) is 0 Å². The topological polar surface area (TPSA) is 58.4 Å². The molecule has 1 aromatic carbocycles. The van der Waals surface area contributed by atoms with Crippen LogP contribution in [0.15, 0.2) is 18.2 Å². The van der Waals surface area contributed by atoms with Gasteiger partial charge in [-0.05, 0) is 31.9 Å². The van der Waals surface area contributed by atoms with Crippen molar-refractivity contribution in [3.8, 4) is 0 Å². The normalized spacial score (nSPS) is 17.4. The molecule has 1 aliphatic heterocycles. The summed E-state index contributed by atoms with van der Waals surface area (Å²) in [5, 5.41) is 2.76. The Morgan fingerprint density at radius 1 is 1.47 bits per heavy atom. The van der Waals surface area contributed by atoms with Crippen LogP contribution in [0.2, 0.25) is 0 Å². The minimum atomic E-state index is -0.304. The lowest BCUT2D eigenvalue weighted by Crippen LogP contribution is -2.43. The van der Waals surface area contributed by atoms with Crippen molar-refractivity contribution in [2.24, 2.45) is 5.73 Å². The van der Waals surface area contributed by atoms with Gasteiger partial charge in [0, 0.05) is 30.4 Å². The SMILES string of the molecule is Cc1c(F)cccc1NC(=O)CN1CCC(N)CC1. The van der Waals surface area contributed by atoms with Crippen molar-refractivity contribution >= 4 is 11.6 Å². The molecule has 5 heteroatoms. The summed E-state index contributed by atoms with van der Waals surface area (Å²) in [5.41, 5.74) is 6.83. The number of halogens is 1. The molecule has 3 N–H and O–H groups in total. The van der Waals surface area contributed by atoms with Gasteiger partial charge < -0.3 is 11.1 Å². The largest absolute Gasteiger partial charge is 0.328 e. The van der Waals surface area contributed by atoms with Crippen molar-refractivity contribution in [1.82, 2.24) is 4.90 Å². The van der Waals surface area contributed by atoms with Gasteiger partial charge in [0.25, 0.3) is 0 Å². The molecule has 104 valence electrons. The van der Waals surface area contributed by atoms with Crippen molar-refractivity contribution in [1.29, 1.82) is 0 Å². The van der Waals surface area contributed by atoms with E-state index >= 15 is 0 Å². The van der Waals surface area contributed by atoms with Gasteiger partial charge in [-0.25, -0.2) is 4.39 Å². The standard InChI is InChI=1S/C14H20FN3O/c1-10-12(15)3-2-4-13(10)17-14(19)9-18-7-5-11(16)6-8-18/h2-4,11H,5-9,16H2,1H3,(H,17,19). The molecule has 0 spiro atoms. The van der Waals surface area contributed by atoms with Crippen molar-refractivity contribution < 1.29 is 9.18 Å². The number of carbonyl (C=O) groups excluding carboxylic acids is 1. The average molecular weight is 265 g/mol. The van der Waals surface area contributed by atoms with Crippen molar-refractivity contribution in [3.63, 3.8) is 0 Å². The zero-order valence-electron chi connectivity index (χ0n) is 11.2. The molecule has 1 amide bonds. The summed E-state index contributed by atoms with van der Waals surface area (Å²) in [7, 11) is 0. The first-order chi connectivity index (χ1) is 9.06. The summed E-state index contributed by atoms with van der Waals surface area (Å²) < 4.78 is 13.4. The number of anilines is 1. The highest BCUT2D eigenvalue weighted by molar-refractivity contribution is 5.92. The van der Waals surface area contributed by atoms with Gasteiger partial charge in [-0.2, -0.15) is 0 Å². The van der Waals surface area contributed by atoms with Crippen molar-refractivity contribution in [2.75, 3.05) is 25.0 Å². The van der Waals surface area contributed by atoms with Gasteiger partial charge in [0.05, 0.1) is 6.54 Å². The first kappa shape index (κ1) is 14.0. The number of nitrogens with two attached hydrogens (primary N) is 1. The predicted molar refractivity (Wildman–Crippen MR) is 73.4 cm³/mol. The number of piperidine rings is 1. The van der Waals surface area contributed by atoms with E-state index in [0.29, 0.717) is 17.8 Å². The molecule has 1 aliphatic rings. The molecule has 4 nitrogen and oxygen atoms in total. The van der Waals surface area contributed by atoms with E-state index in [0.717, 1.165) is 25.9 Å². The maximum atomic E-state index is 13.4. The fourth-order valence-corrected chi connectivity index (χ4v) is 2.25. The Morgan fingerprint density at radius 2 is 2.16 bits per heavy atom. The molecule has 0 radical (unpaired) electrons. The van der Waals surface area contributed by atoms with Crippen molar-refractivity contribution in [2.45, 2.75) is 25.8 Å². The first-order valence-electron chi connectivity index (χ1n) is 6.59. The molecular weight excluding hydrogens is 245 g/mol. The summed E-state index contributed by atoms with van der Waals surface area (Å²) in [6, 6.07) is 4.95. The number of nitrogens with zero attached hydrogens (tertiary/aromatic N) is 1. The zero-order valence-corrected chi connectivity index (χ0v) is 11.2. The molecule has 1 heterocycles. The summed E-state index contributed by atoms with van der Waals surface area (Å²) in [6.45, 7) is 3.68. The highest BCUT2D eigenvalue weighted by Gasteiger charge is 2.18. The third-order valence-electron chi connectivity index (χ3n) is 3.54. The Kier molecular flexibility index (Phi) is 4.50. The maximum absolute atomic E-state index is 13.4. The number of nitrogens with one attached hydrogen (secondary N) is 1. The third-order valence-corrected chi connectivity index (χ3v) is 3.54. The van der Waals surface area contributed by atoms with E-state index in [1.54, 1.807) is 19.1 Å². The van der Waals surface area contributed by atoms with E-state index in [1.165, 1.54) is 6.07 Å². The van der Waals surface area contributed by atoms with Crippen LogP contribution in [0.5, 0.6) is 0 Å². The molecule has 0 saturated carbocycles. The molecule has 19 heavy (non-hydrogen) atoms. The molecular formula is C14H20FN3O. The van der Waals surface area contributed by atoms with Gasteiger partial charge in [0.15, 0.2) is 0 Å². The number of carbonyl (C=O) groups is 1. The third kappa shape index (κ3) is 3.75. The lowest BCUT2D eigenvalue weighted by atomic mass is 10.1. The van der Waals surface area contributed by atoms with Crippen LogP contribution in [-0.2, 0) is 4.79 Å². The maximum Gasteiger partial charge on any atom is 0.238 e. The van der Waals surface area contributed by atoms with E-state index < -0.39 is 0 Å². The Labute approximate surface area is 112 Å². The molecule has 1 fully saturated rings. The molecule has 0 aromatic heterocycles. The first-order valence-corrected chi connectivity index (χ1v) is 6.59. The number of rotatable bonds is 3. The highest BCUT2D eigenvalue weighted by atomic mass is 19.1. The smallest absolute Gasteiger partial charge is 0.238 e. The van der Waals surface area contributed by atoms with E-state index in [4.69, 9.17) is 5.73 Å². The number of hydrogen-bond acceptors (Lipinski definition) is 3. The fourth-order valence-electron chi connectivity index (χ4n) is 2.25. The zero-order chi connectivity index (χ0) is 13.8. The van der Waals surface area contributed by atoms with Gasteiger partial charge in [-0.1, -0.05) is 6.07 Å². The molecule has 0 unspecified atom stereocenters. The quantitative estimate of drug-likeness (QED) is 0.870. The number of benzene rings is 1. The summed E-state index contributed by atoms with van der Waals surface area (Å²) >= 11 is 0. The lowest BCUT2D eigenvalue weighted by molar-refractivity contribution is -0.117. The van der Waals surface area contributed by atoms with Gasteiger partial charge in [0.2, 0.25) is 5.91 Å². The second kappa shape index (κ2) is 6.12. The second-order valence-corrected chi connectivity index (χ2v) is 5.07. The number of likely N-dealkylation sites (tertiary alicyclic amines) is 1. The Bertz CT molecular complexity index is 456. The van der Waals surface area contributed by atoms with Crippen LogP contribution in [0, 0.1) is 12.7 Å². The highest BCUT2D eigenvalue weighted by Crippen LogP contribution is 2.17. The molecule has 0 bridgehead atoms. The van der Waals surface area contributed by atoms with Crippen LogP contribution < -0.4 is 11.1 Å². The van der Waals surface area contributed by atoms with Gasteiger partial charge in [-0.3, -0.25) is 9.69 Å². The van der Waals surface area contributed by atoms with E-state index in [1.807, 2.05) is 0 Å². The van der Waals surface area contributed by atoms with Crippen LogP contribution in [-0.4, -0.2) is 36.5 Å². The van der Waals surface area contributed by atoms with Gasteiger partial charge in [0.1, 0.15) is 5.82 Å². The molecule has 2 rings (SSSR count). The Balaban J connectivity index is 1.89. The summed E-state index contributed by atoms with van der Waals surface area (Å²) in [4.78, 5) is 14.0. The Morgan fingerprint density at radius 3 is 2.84 bits per heavy atom. The fraction of sp³-hybridized carbons (Fsp3) is 0.500. The van der Waals surface area contributed by atoms with Gasteiger partial charge >= 0.3 is 0 Å². The van der Waals surface area contributed by atoms with E-state index in [9.17, 15) is 9.18 Å². The minimum Gasteiger partial charge on any atom is -0.328 e. The molecule has 0 aliphatic carbocycles. The monoisotopic (exact) mass is 265 g/mol. The molecule has 1 saturated heterocycles. The number of amides is 1. The summed E-state index contributed by atoms with van der Waals surface area (Å²) in [5.74, 6) is -0.411. The second-order valence-electron chi connectivity index (χ2n) is 5.07. The van der Waals surface area contributed by atoms with E-state index in [2.05, 4.69) is 10.2 Å². The average Bonchev–Trinajstić information content (AvgIpc) is 2.38. The van der Waals surface area contributed by atoms with Crippen LogP contribution in [0.4, 0.5) is 10.1 Å².